The molecule has 114 valence electrons. The average Bonchev–Trinajstić information content (AvgIpc) is 2.91. The van der Waals surface area contributed by atoms with Crippen LogP contribution < -0.4 is 5.32 Å². The summed E-state index contributed by atoms with van der Waals surface area (Å²) in [5.41, 5.74) is 2.53. The number of nitrogens with zero attached hydrogens (tertiary/aromatic N) is 3. The molecule has 0 atom stereocenters. The zero-order chi connectivity index (χ0) is 14.9. The fraction of sp³-hybridized carbons (Fsp3) is 0.471. The van der Waals surface area contributed by atoms with E-state index >= 15 is 0 Å². The Bertz CT molecular complexity index is 505. The first-order valence-corrected chi connectivity index (χ1v) is 7.65. The van der Waals surface area contributed by atoms with Crippen LogP contribution in [0.4, 0.5) is 0 Å². The topological polar surface area (TPSA) is 33.1 Å². The van der Waals surface area contributed by atoms with Crippen molar-refractivity contribution >= 4 is 0 Å². The molecule has 0 aliphatic carbocycles. The van der Waals surface area contributed by atoms with Crippen LogP contribution in [0.3, 0.4) is 0 Å². The fourth-order valence-corrected chi connectivity index (χ4v) is 2.27. The molecule has 1 aromatic heterocycles. The second-order valence-corrected chi connectivity index (χ2v) is 5.72. The molecule has 0 unspecified atom stereocenters. The summed E-state index contributed by atoms with van der Waals surface area (Å²) < 4.78 is 2.00. The minimum Gasteiger partial charge on any atom is -0.313 e. The quantitative estimate of drug-likeness (QED) is 0.718. The maximum atomic E-state index is 4.42. The third-order valence-electron chi connectivity index (χ3n) is 3.41. The smallest absolute Gasteiger partial charge is 0.0659 e. The summed E-state index contributed by atoms with van der Waals surface area (Å²) in [5, 5.41) is 7.90. The Morgan fingerprint density at radius 2 is 1.90 bits per heavy atom. The lowest BCUT2D eigenvalue weighted by molar-refractivity contribution is 0.391. The van der Waals surface area contributed by atoms with Crippen LogP contribution in [-0.4, -0.2) is 41.9 Å². The third-order valence-corrected chi connectivity index (χ3v) is 3.41. The highest BCUT2D eigenvalue weighted by Crippen LogP contribution is 2.04. The van der Waals surface area contributed by atoms with Crippen LogP contribution in [0.5, 0.6) is 0 Å². The molecule has 1 N–H and O–H groups in total. The molecular weight excluding hydrogens is 260 g/mol. The van der Waals surface area contributed by atoms with Crippen LogP contribution in [0.25, 0.3) is 0 Å². The van der Waals surface area contributed by atoms with Crippen molar-refractivity contribution in [2.45, 2.75) is 25.9 Å². The number of hydrogen-bond acceptors (Lipinski definition) is 3. The van der Waals surface area contributed by atoms with Crippen molar-refractivity contribution in [1.29, 1.82) is 0 Å². The van der Waals surface area contributed by atoms with E-state index in [2.05, 4.69) is 59.9 Å². The summed E-state index contributed by atoms with van der Waals surface area (Å²) in [6.07, 6.45) is 6.54. The van der Waals surface area contributed by atoms with Gasteiger partial charge in [0, 0.05) is 18.3 Å². The van der Waals surface area contributed by atoms with Gasteiger partial charge in [0.2, 0.25) is 0 Å². The first-order valence-electron chi connectivity index (χ1n) is 7.65. The van der Waals surface area contributed by atoms with E-state index in [0.717, 1.165) is 26.2 Å². The molecule has 0 amide bonds. The number of aromatic nitrogens is 2. The number of unbranched alkanes of at least 4 members (excludes halogenated alkanes) is 1. The lowest BCUT2D eigenvalue weighted by Crippen LogP contribution is -2.17. The Labute approximate surface area is 127 Å². The number of hydrogen-bond donors (Lipinski definition) is 1. The monoisotopic (exact) mass is 286 g/mol. The van der Waals surface area contributed by atoms with Crippen molar-refractivity contribution < 1.29 is 0 Å². The zero-order valence-corrected chi connectivity index (χ0v) is 13.1. The van der Waals surface area contributed by atoms with Crippen LogP contribution in [0.15, 0.2) is 42.7 Å². The van der Waals surface area contributed by atoms with Gasteiger partial charge in [-0.3, -0.25) is 4.68 Å². The zero-order valence-electron chi connectivity index (χ0n) is 13.1. The highest BCUT2D eigenvalue weighted by molar-refractivity contribution is 5.15. The molecule has 0 saturated heterocycles. The van der Waals surface area contributed by atoms with Gasteiger partial charge in [-0.1, -0.05) is 30.3 Å². The minimum absolute atomic E-state index is 0.837. The van der Waals surface area contributed by atoms with E-state index in [1.54, 1.807) is 0 Å². The molecule has 4 nitrogen and oxygen atoms in total. The summed E-state index contributed by atoms with van der Waals surface area (Å²) in [5.74, 6) is 0. The van der Waals surface area contributed by atoms with Crippen molar-refractivity contribution in [2.75, 3.05) is 27.2 Å². The van der Waals surface area contributed by atoms with Crippen LogP contribution in [0.1, 0.15) is 24.0 Å². The van der Waals surface area contributed by atoms with Crippen molar-refractivity contribution in [3.8, 4) is 0 Å². The van der Waals surface area contributed by atoms with Gasteiger partial charge in [0.05, 0.1) is 12.7 Å². The van der Waals surface area contributed by atoms with Crippen LogP contribution >= 0.6 is 0 Å². The standard InChI is InChI=1S/C17H26N4/c1-20(2)11-7-6-10-18-12-17-13-19-21(15-17)14-16-8-4-3-5-9-16/h3-5,8-9,13,15,18H,6-7,10-12,14H2,1-2H3. The van der Waals surface area contributed by atoms with E-state index in [1.165, 1.54) is 24.0 Å². The molecular formula is C17H26N4. The number of rotatable bonds is 9. The molecule has 0 aliphatic rings. The van der Waals surface area contributed by atoms with Gasteiger partial charge in [-0.25, -0.2) is 0 Å². The molecule has 21 heavy (non-hydrogen) atoms. The molecule has 1 heterocycles. The van der Waals surface area contributed by atoms with Gasteiger partial charge < -0.3 is 10.2 Å². The van der Waals surface area contributed by atoms with Crippen molar-refractivity contribution in [3.05, 3.63) is 53.9 Å². The van der Waals surface area contributed by atoms with Gasteiger partial charge in [0.1, 0.15) is 0 Å². The molecule has 0 spiro atoms. The van der Waals surface area contributed by atoms with Gasteiger partial charge in [-0.2, -0.15) is 5.10 Å². The van der Waals surface area contributed by atoms with E-state index in [-0.39, 0.29) is 0 Å². The Morgan fingerprint density at radius 3 is 2.67 bits per heavy atom. The Hall–Kier alpha value is -1.65. The number of benzene rings is 1. The largest absolute Gasteiger partial charge is 0.313 e. The van der Waals surface area contributed by atoms with E-state index in [0.29, 0.717) is 0 Å². The van der Waals surface area contributed by atoms with Crippen molar-refractivity contribution in [3.63, 3.8) is 0 Å². The lowest BCUT2D eigenvalue weighted by atomic mass is 10.2. The predicted octanol–water partition coefficient (Wildman–Crippen LogP) is 2.36. The fourth-order valence-electron chi connectivity index (χ4n) is 2.27. The third kappa shape index (κ3) is 6.10. The van der Waals surface area contributed by atoms with Gasteiger partial charge in [0.15, 0.2) is 0 Å². The molecule has 0 radical (unpaired) electrons. The highest BCUT2D eigenvalue weighted by Gasteiger charge is 1.99. The molecule has 0 aliphatic heterocycles. The number of nitrogens with one attached hydrogen (secondary N) is 1. The van der Waals surface area contributed by atoms with Crippen molar-refractivity contribution in [2.24, 2.45) is 0 Å². The maximum absolute atomic E-state index is 4.42. The van der Waals surface area contributed by atoms with E-state index in [1.807, 2.05) is 16.9 Å². The molecule has 2 rings (SSSR count). The summed E-state index contributed by atoms with van der Waals surface area (Å²) in [4.78, 5) is 2.23. The summed E-state index contributed by atoms with van der Waals surface area (Å²) in [6.45, 7) is 3.97. The van der Waals surface area contributed by atoms with E-state index in [4.69, 9.17) is 0 Å². The summed E-state index contributed by atoms with van der Waals surface area (Å²) in [6, 6.07) is 10.4. The van der Waals surface area contributed by atoms with E-state index in [9.17, 15) is 0 Å². The van der Waals surface area contributed by atoms with Gasteiger partial charge in [-0.05, 0) is 45.6 Å². The van der Waals surface area contributed by atoms with Gasteiger partial charge in [0.25, 0.3) is 0 Å². The maximum Gasteiger partial charge on any atom is 0.0659 e. The molecule has 4 heteroatoms. The first kappa shape index (κ1) is 15.7. The normalized spacial score (nSPS) is 11.2. The second kappa shape index (κ2) is 8.60. The van der Waals surface area contributed by atoms with Gasteiger partial charge >= 0.3 is 0 Å². The Kier molecular flexibility index (Phi) is 6.44. The molecule has 0 bridgehead atoms. The first-order chi connectivity index (χ1) is 10.2. The Morgan fingerprint density at radius 1 is 1.10 bits per heavy atom. The summed E-state index contributed by atoms with van der Waals surface area (Å²) in [7, 11) is 4.24. The average molecular weight is 286 g/mol. The SMILES string of the molecule is CN(C)CCCCNCc1cnn(Cc2ccccc2)c1. The predicted molar refractivity (Wildman–Crippen MR) is 87.3 cm³/mol. The minimum atomic E-state index is 0.837. The highest BCUT2D eigenvalue weighted by atomic mass is 15.3. The van der Waals surface area contributed by atoms with Gasteiger partial charge in [-0.15, -0.1) is 0 Å². The van der Waals surface area contributed by atoms with Crippen LogP contribution in [-0.2, 0) is 13.1 Å². The summed E-state index contributed by atoms with van der Waals surface area (Å²) >= 11 is 0. The van der Waals surface area contributed by atoms with Crippen LogP contribution in [0.2, 0.25) is 0 Å². The van der Waals surface area contributed by atoms with Crippen LogP contribution in [0, 0.1) is 0 Å². The molecule has 2 aromatic rings. The van der Waals surface area contributed by atoms with Crippen molar-refractivity contribution in [1.82, 2.24) is 20.0 Å². The molecule has 0 saturated carbocycles. The lowest BCUT2D eigenvalue weighted by Gasteiger charge is -2.08. The second-order valence-electron chi connectivity index (χ2n) is 5.72. The van der Waals surface area contributed by atoms with E-state index < -0.39 is 0 Å². The Balaban J connectivity index is 1.66. The molecule has 0 fully saturated rings. The molecule has 1 aromatic carbocycles.